The van der Waals surface area contributed by atoms with Crippen LogP contribution in [0.4, 0.5) is 5.13 Å². The molecule has 3 aromatic rings. The first kappa shape index (κ1) is 19.8. The number of nitrogens with zero attached hydrogens (tertiary/aromatic N) is 2. The maximum absolute atomic E-state index is 13.3. The van der Waals surface area contributed by atoms with Crippen LogP contribution in [0.1, 0.15) is 11.3 Å². The molecule has 2 aromatic carbocycles. The molecule has 2 heterocycles. The Bertz CT molecular complexity index is 937. The zero-order valence-electron chi connectivity index (χ0n) is 16.6. The molecule has 5 nitrogen and oxygen atoms in total. The lowest BCUT2D eigenvalue weighted by Crippen LogP contribution is -3.15. The summed E-state index contributed by atoms with van der Waals surface area (Å²) in [5, 5.41) is 0.767. The highest BCUT2D eigenvalue weighted by molar-refractivity contribution is 7.19. The molecular formula is C23H26N3O2S+. The summed E-state index contributed by atoms with van der Waals surface area (Å²) in [6.07, 6.45) is 0. The number of hydrogen-bond acceptors (Lipinski definition) is 4. The maximum Gasteiger partial charge on any atom is 0.284 e. The number of thiazole rings is 1. The minimum atomic E-state index is 0.110. The van der Waals surface area contributed by atoms with Crippen molar-refractivity contribution in [3.05, 3.63) is 71.9 Å². The van der Waals surface area contributed by atoms with Crippen molar-refractivity contribution in [1.82, 2.24) is 4.98 Å². The Morgan fingerprint density at radius 2 is 1.72 bits per heavy atom. The number of amides is 1. The third kappa shape index (κ3) is 4.90. The first-order valence-corrected chi connectivity index (χ1v) is 10.8. The quantitative estimate of drug-likeness (QED) is 0.682. The average Bonchev–Trinajstić information content (AvgIpc) is 3.15. The molecular weight excluding hydrogens is 382 g/mol. The molecule has 1 aliphatic heterocycles. The van der Waals surface area contributed by atoms with E-state index >= 15 is 0 Å². The number of nitrogens with one attached hydrogen (secondary N) is 1. The number of aromatic nitrogens is 1. The Hall–Kier alpha value is -2.54. The number of ether oxygens (including phenoxy) is 1. The van der Waals surface area contributed by atoms with E-state index in [2.05, 4.69) is 24.3 Å². The molecule has 0 aliphatic carbocycles. The van der Waals surface area contributed by atoms with Crippen LogP contribution in [0, 0.1) is 6.92 Å². The fourth-order valence-electron chi connectivity index (χ4n) is 3.53. The highest BCUT2D eigenvalue weighted by atomic mass is 32.1. The zero-order valence-corrected chi connectivity index (χ0v) is 17.5. The molecule has 0 atom stereocenters. The van der Waals surface area contributed by atoms with Gasteiger partial charge in [-0.25, -0.2) is 4.98 Å². The molecule has 150 valence electrons. The number of aryl methyl sites for hydroxylation is 1. The van der Waals surface area contributed by atoms with E-state index in [9.17, 15) is 4.79 Å². The second kappa shape index (κ2) is 9.31. The van der Waals surface area contributed by atoms with Gasteiger partial charge in [0.1, 0.15) is 13.1 Å². The molecule has 1 saturated heterocycles. The fourth-order valence-corrected chi connectivity index (χ4v) is 4.62. The minimum absolute atomic E-state index is 0.110. The summed E-state index contributed by atoms with van der Waals surface area (Å²) in [6, 6.07) is 20.4. The van der Waals surface area contributed by atoms with Crippen molar-refractivity contribution < 1.29 is 14.4 Å². The average molecular weight is 409 g/mol. The molecule has 4 rings (SSSR count). The second-order valence-electron chi connectivity index (χ2n) is 7.28. The Balaban J connectivity index is 1.62. The fraction of sp³-hybridized carbons (Fsp3) is 0.304. The Labute approximate surface area is 175 Å². The van der Waals surface area contributed by atoms with Crippen LogP contribution in [-0.4, -0.2) is 43.7 Å². The van der Waals surface area contributed by atoms with Crippen molar-refractivity contribution in [2.75, 3.05) is 37.7 Å². The van der Waals surface area contributed by atoms with Gasteiger partial charge in [0.25, 0.3) is 5.91 Å². The van der Waals surface area contributed by atoms with Gasteiger partial charge in [-0.3, -0.25) is 9.69 Å². The summed E-state index contributed by atoms with van der Waals surface area (Å²) in [5.74, 6) is 0.110. The molecule has 1 fully saturated rings. The molecule has 1 amide bonds. The SMILES string of the molecule is Cc1nc(N(Cc2ccccc2)C(=O)C[NH+]2CCOCC2)sc1-c1ccccc1. The Kier molecular flexibility index (Phi) is 6.34. The van der Waals surface area contributed by atoms with Crippen LogP contribution in [0.3, 0.4) is 0 Å². The van der Waals surface area contributed by atoms with Crippen LogP contribution in [0.5, 0.6) is 0 Å². The largest absolute Gasteiger partial charge is 0.370 e. The highest BCUT2D eigenvalue weighted by Crippen LogP contribution is 2.35. The molecule has 29 heavy (non-hydrogen) atoms. The zero-order chi connectivity index (χ0) is 20.1. The number of anilines is 1. The number of carbonyl (C=O) groups is 1. The highest BCUT2D eigenvalue weighted by Gasteiger charge is 2.26. The lowest BCUT2D eigenvalue weighted by molar-refractivity contribution is -0.900. The number of rotatable bonds is 6. The normalized spacial score (nSPS) is 14.7. The second-order valence-corrected chi connectivity index (χ2v) is 8.26. The summed E-state index contributed by atoms with van der Waals surface area (Å²) >= 11 is 1.59. The minimum Gasteiger partial charge on any atom is -0.370 e. The van der Waals surface area contributed by atoms with E-state index in [4.69, 9.17) is 9.72 Å². The van der Waals surface area contributed by atoms with Crippen LogP contribution in [-0.2, 0) is 16.1 Å². The van der Waals surface area contributed by atoms with Crippen molar-refractivity contribution in [3.8, 4) is 10.4 Å². The predicted octanol–water partition coefficient (Wildman–Crippen LogP) is 2.57. The predicted molar refractivity (Wildman–Crippen MR) is 116 cm³/mol. The lowest BCUT2D eigenvalue weighted by Gasteiger charge is -2.26. The molecule has 0 bridgehead atoms. The molecule has 1 aromatic heterocycles. The number of morpholine rings is 1. The molecule has 1 aliphatic rings. The molecule has 6 heteroatoms. The van der Waals surface area contributed by atoms with Crippen molar-refractivity contribution in [2.45, 2.75) is 13.5 Å². The first-order valence-electron chi connectivity index (χ1n) is 9.99. The summed E-state index contributed by atoms with van der Waals surface area (Å²) in [6.45, 7) is 6.20. The van der Waals surface area contributed by atoms with E-state index in [1.807, 2.05) is 48.2 Å². The van der Waals surface area contributed by atoms with E-state index in [1.165, 1.54) is 4.90 Å². The summed E-state index contributed by atoms with van der Waals surface area (Å²) in [7, 11) is 0. The van der Waals surface area contributed by atoms with Crippen LogP contribution >= 0.6 is 11.3 Å². The molecule has 0 radical (unpaired) electrons. The summed E-state index contributed by atoms with van der Waals surface area (Å²) < 4.78 is 5.43. The lowest BCUT2D eigenvalue weighted by atomic mass is 10.2. The van der Waals surface area contributed by atoms with Crippen molar-refractivity contribution in [2.24, 2.45) is 0 Å². The van der Waals surface area contributed by atoms with Gasteiger partial charge in [0.2, 0.25) is 0 Å². The maximum atomic E-state index is 13.3. The van der Waals surface area contributed by atoms with Gasteiger partial charge in [-0.1, -0.05) is 72.0 Å². The van der Waals surface area contributed by atoms with Gasteiger partial charge in [-0.2, -0.15) is 0 Å². The number of quaternary nitrogens is 1. The number of carbonyl (C=O) groups excluding carboxylic acids is 1. The van der Waals surface area contributed by atoms with Crippen LogP contribution in [0.25, 0.3) is 10.4 Å². The van der Waals surface area contributed by atoms with Gasteiger partial charge in [0.05, 0.1) is 30.3 Å². The van der Waals surface area contributed by atoms with Crippen molar-refractivity contribution >= 4 is 22.4 Å². The van der Waals surface area contributed by atoms with Crippen LogP contribution < -0.4 is 9.80 Å². The van der Waals surface area contributed by atoms with Crippen LogP contribution in [0.15, 0.2) is 60.7 Å². The van der Waals surface area contributed by atoms with Gasteiger partial charge in [0.15, 0.2) is 11.7 Å². The van der Waals surface area contributed by atoms with Gasteiger partial charge in [0, 0.05) is 0 Å². The standard InChI is InChI=1S/C23H25N3O2S/c1-18-22(20-10-6-3-7-11-20)29-23(24-18)26(16-19-8-4-2-5-9-19)21(27)17-25-12-14-28-15-13-25/h2-11H,12-17H2,1H3/p+1. The molecule has 0 unspecified atom stereocenters. The van der Waals surface area contributed by atoms with Crippen molar-refractivity contribution in [1.29, 1.82) is 0 Å². The van der Waals surface area contributed by atoms with Gasteiger partial charge >= 0.3 is 0 Å². The first-order chi connectivity index (χ1) is 14.2. The van der Waals surface area contributed by atoms with Gasteiger partial charge < -0.3 is 9.64 Å². The third-order valence-electron chi connectivity index (χ3n) is 5.14. The van der Waals surface area contributed by atoms with E-state index < -0.39 is 0 Å². The summed E-state index contributed by atoms with van der Waals surface area (Å²) in [4.78, 5) is 22.3. The van der Waals surface area contributed by atoms with E-state index in [1.54, 1.807) is 11.3 Å². The van der Waals surface area contributed by atoms with Gasteiger partial charge in [-0.05, 0) is 18.1 Å². The number of benzene rings is 2. The topological polar surface area (TPSA) is 46.9 Å². The van der Waals surface area contributed by atoms with Crippen LogP contribution in [0.2, 0.25) is 0 Å². The smallest absolute Gasteiger partial charge is 0.284 e. The summed E-state index contributed by atoms with van der Waals surface area (Å²) in [5.41, 5.74) is 3.20. The monoisotopic (exact) mass is 408 g/mol. The molecule has 0 saturated carbocycles. The Morgan fingerprint density at radius 3 is 2.41 bits per heavy atom. The Morgan fingerprint density at radius 1 is 1.07 bits per heavy atom. The molecule has 1 N–H and O–H groups in total. The van der Waals surface area contributed by atoms with E-state index in [-0.39, 0.29) is 5.91 Å². The van der Waals surface area contributed by atoms with Crippen molar-refractivity contribution in [3.63, 3.8) is 0 Å². The third-order valence-corrected chi connectivity index (χ3v) is 6.37. The van der Waals surface area contributed by atoms with Gasteiger partial charge in [-0.15, -0.1) is 0 Å². The van der Waals surface area contributed by atoms with E-state index in [0.29, 0.717) is 13.1 Å². The molecule has 0 spiro atoms. The van der Waals surface area contributed by atoms with E-state index in [0.717, 1.165) is 53.1 Å². The number of hydrogen-bond donors (Lipinski definition) is 1.